The number of aromatic nitrogens is 3. The van der Waals surface area contributed by atoms with Gasteiger partial charge in [0, 0.05) is 51.9 Å². The van der Waals surface area contributed by atoms with Crippen LogP contribution in [0.5, 0.6) is 0 Å². The summed E-state index contributed by atoms with van der Waals surface area (Å²) >= 11 is 0. The number of imidazole rings is 1. The third-order valence-corrected chi connectivity index (χ3v) is 5.30. The van der Waals surface area contributed by atoms with Gasteiger partial charge in [-0.25, -0.2) is 9.97 Å². The molecule has 0 saturated carbocycles. The molecule has 2 aromatic rings. The Morgan fingerprint density at radius 1 is 1.18 bits per heavy atom. The number of nitrogens with zero attached hydrogens (tertiary/aromatic N) is 5. The Hall–Kier alpha value is -2.03. The molecule has 2 fully saturated rings. The molecule has 0 radical (unpaired) electrons. The number of piperazine rings is 1. The van der Waals surface area contributed by atoms with Crippen LogP contribution in [0.2, 0.25) is 0 Å². The Labute approximate surface area is 165 Å². The molecule has 1 amide bonds. The molecule has 0 aliphatic carbocycles. The summed E-state index contributed by atoms with van der Waals surface area (Å²) < 4.78 is 13.0. The average Bonchev–Trinajstić information content (AvgIpc) is 3.36. The minimum atomic E-state index is -0.0621. The standard InChI is InChI=1S/C20H29N5O3/c1-15(2)13-25-14-22-17-11-16(12-21-19(17)25)20(26)24-7-5-23(6-8-24)4-3-18-27-9-10-28-18/h11-12,14-15,18H,3-10,13H2,1-2H3. The van der Waals surface area contributed by atoms with E-state index in [1.807, 2.05) is 21.9 Å². The highest BCUT2D eigenvalue weighted by Crippen LogP contribution is 2.16. The Bertz CT molecular complexity index is 807. The van der Waals surface area contributed by atoms with Crippen LogP contribution in [0, 0.1) is 5.92 Å². The smallest absolute Gasteiger partial charge is 0.255 e. The van der Waals surface area contributed by atoms with E-state index in [4.69, 9.17) is 9.47 Å². The van der Waals surface area contributed by atoms with Crippen LogP contribution in [-0.4, -0.2) is 82.5 Å². The topological polar surface area (TPSA) is 72.7 Å². The van der Waals surface area contributed by atoms with Gasteiger partial charge in [0.15, 0.2) is 11.9 Å². The first-order valence-electron chi connectivity index (χ1n) is 10.2. The first kappa shape index (κ1) is 19.3. The second-order valence-electron chi connectivity index (χ2n) is 7.95. The van der Waals surface area contributed by atoms with E-state index in [-0.39, 0.29) is 12.2 Å². The van der Waals surface area contributed by atoms with Gasteiger partial charge >= 0.3 is 0 Å². The van der Waals surface area contributed by atoms with Gasteiger partial charge in [-0.1, -0.05) is 13.8 Å². The number of carbonyl (C=O) groups excluding carboxylic acids is 1. The molecule has 2 aromatic heterocycles. The summed E-state index contributed by atoms with van der Waals surface area (Å²) in [5.74, 6) is 0.554. The maximum Gasteiger partial charge on any atom is 0.255 e. The minimum Gasteiger partial charge on any atom is -0.350 e. The fourth-order valence-electron chi connectivity index (χ4n) is 3.81. The maximum atomic E-state index is 12.9. The van der Waals surface area contributed by atoms with E-state index in [1.54, 1.807) is 6.20 Å². The van der Waals surface area contributed by atoms with E-state index in [0.717, 1.165) is 56.9 Å². The predicted molar refractivity (Wildman–Crippen MR) is 105 cm³/mol. The van der Waals surface area contributed by atoms with Crippen LogP contribution < -0.4 is 0 Å². The Morgan fingerprint density at radius 2 is 1.93 bits per heavy atom. The van der Waals surface area contributed by atoms with Gasteiger partial charge in [-0.2, -0.15) is 0 Å². The number of fused-ring (bicyclic) bond motifs is 1. The summed E-state index contributed by atoms with van der Waals surface area (Å²) in [6.07, 6.45) is 4.31. The first-order valence-corrected chi connectivity index (χ1v) is 10.2. The molecule has 2 saturated heterocycles. The van der Waals surface area contributed by atoms with Crippen LogP contribution in [0.4, 0.5) is 0 Å². The highest BCUT2D eigenvalue weighted by Gasteiger charge is 2.24. The molecule has 0 spiro atoms. The largest absolute Gasteiger partial charge is 0.350 e. The van der Waals surface area contributed by atoms with Gasteiger partial charge in [0.25, 0.3) is 5.91 Å². The summed E-state index contributed by atoms with van der Waals surface area (Å²) in [5.41, 5.74) is 2.23. The van der Waals surface area contributed by atoms with Crippen LogP contribution in [0.15, 0.2) is 18.6 Å². The fourth-order valence-corrected chi connectivity index (χ4v) is 3.81. The zero-order valence-electron chi connectivity index (χ0n) is 16.7. The SMILES string of the molecule is CC(C)Cn1cnc2cc(C(=O)N3CCN(CCC4OCCO4)CC3)cnc21. The summed E-state index contributed by atoms with van der Waals surface area (Å²) in [4.78, 5) is 26.1. The molecule has 8 nitrogen and oxygen atoms in total. The second-order valence-corrected chi connectivity index (χ2v) is 7.95. The summed E-state index contributed by atoms with van der Waals surface area (Å²) in [6.45, 7) is 10.7. The van der Waals surface area contributed by atoms with Crippen molar-refractivity contribution >= 4 is 17.1 Å². The summed E-state index contributed by atoms with van der Waals surface area (Å²) in [6, 6.07) is 1.86. The van der Waals surface area contributed by atoms with Crippen molar-refractivity contribution in [3.8, 4) is 0 Å². The third-order valence-electron chi connectivity index (χ3n) is 5.30. The molecule has 0 aromatic carbocycles. The molecule has 0 N–H and O–H groups in total. The van der Waals surface area contributed by atoms with E-state index in [1.165, 1.54) is 0 Å². The van der Waals surface area contributed by atoms with Gasteiger partial charge < -0.3 is 18.9 Å². The second kappa shape index (κ2) is 8.55. The molecule has 152 valence electrons. The number of pyridine rings is 1. The Kier molecular flexibility index (Phi) is 5.89. The molecule has 4 rings (SSSR count). The first-order chi connectivity index (χ1) is 13.6. The highest BCUT2D eigenvalue weighted by atomic mass is 16.7. The van der Waals surface area contributed by atoms with E-state index in [2.05, 4.69) is 28.7 Å². The summed E-state index contributed by atoms with van der Waals surface area (Å²) in [7, 11) is 0. The molecule has 2 aliphatic heterocycles. The molecule has 4 heterocycles. The zero-order chi connectivity index (χ0) is 19.5. The lowest BCUT2D eigenvalue weighted by molar-refractivity contribution is -0.0529. The van der Waals surface area contributed by atoms with E-state index in [9.17, 15) is 4.79 Å². The van der Waals surface area contributed by atoms with Gasteiger partial charge in [-0.05, 0) is 12.0 Å². The molecule has 28 heavy (non-hydrogen) atoms. The monoisotopic (exact) mass is 387 g/mol. The zero-order valence-corrected chi connectivity index (χ0v) is 16.7. The highest BCUT2D eigenvalue weighted by molar-refractivity contribution is 5.96. The predicted octanol–water partition coefficient (Wildman–Crippen LogP) is 1.61. The van der Waals surface area contributed by atoms with Crippen molar-refractivity contribution in [1.82, 2.24) is 24.3 Å². The van der Waals surface area contributed by atoms with E-state index >= 15 is 0 Å². The van der Waals surface area contributed by atoms with Crippen LogP contribution >= 0.6 is 0 Å². The lowest BCUT2D eigenvalue weighted by Gasteiger charge is -2.35. The van der Waals surface area contributed by atoms with Crippen LogP contribution in [0.1, 0.15) is 30.6 Å². The van der Waals surface area contributed by atoms with Crippen LogP contribution in [-0.2, 0) is 16.0 Å². The number of amides is 1. The average molecular weight is 387 g/mol. The molecular formula is C20H29N5O3. The van der Waals surface area contributed by atoms with Crippen molar-refractivity contribution in [2.24, 2.45) is 5.92 Å². The lowest BCUT2D eigenvalue weighted by atomic mass is 10.2. The van der Waals surface area contributed by atoms with Gasteiger partial charge in [0.1, 0.15) is 5.52 Å². The molecule has 0 unspecified atom stereocenters. The number of ether oxygens (including phenoxy) is 2. The van der Waals surface area contributed by atoms with Crippen molar-refractivity contribution < 1.29 is 14.3 Å². The van der Waals surface area contributed by atoms with Crippen molar-refractivity contribution in [3.63, 3.8) is 0 Å². The van der Waals surface area contributed by atoms with E-state index < -0.39 is 0 Å². The molecule has 0 bridgehead atoms. The van der Waals surface area contributed by atoms with Gasteiger partial charge in [0.05, 0.1) is 25.1 Å². The normalized spacial score (nSPS) is 19.2. The quantitative estimate of drug-likeness (QED) is 0.750. The summed E-state index contributed by atoms with van der Waals surface area (Å²) in [5, 5.41) is 0. The third kappa shape index (κ3) is 4.34. The minimum absolute atomic E-state index is 0.0370. The number of hydrogen-bond acceptors (Lipinski definition) is 6. The molecule has 2 aliphatic rings. The van der Waals surface area contributed by atoms with Crippen molar-refractivity contribution in [2.75, 3.05) is 45.9 Å². The Morgan fingerprint density at radius 3 is 2.64 bits per heavy atom. The number of rotatable bonds is 6. The molecular weight excluding hydrogens is 358 g/mol. The van der Waals surface area contributed by atoms with E-state index in [0.29, 0.717) is 24.7 Å². The van der Waals surface area contributed by atoms with Crippen molar-refractivity contribution in [1.29, 1.82) is 0 Å². The van der Waals surface area contributed by atoms with Gasteiger partial charge in [0.2, 0.25) is 0 Å². The number of carbonyl (C=O) groups is 1. The molecule has 0 atom stereocenters. The lowest BCUT2D eigenvalue weighted by Crippen LogP contribution is -2.49. The molecule has 8 heteroatoms. The Balaban J connectivity index is 1.33. The number of hydrogen-bond donors (Lipinski definition) is 0. The fraction of sp³-hybridized carbons (Fsp3) is 0.650. The van der Waals surface area contributed by atoms with Crippen LogP contribution in [0.3, 0.4) is 0 Å². The van der Waals surface area contributed by atoms with Crippen LogP contribution in [0.25, 0.3) is 11.2 Å². The van der Waals surface area contributed by atoms with Crippen molar-refractivity contribution in [2.45, 2.75) is 33.1 Å². The maximum absolute atomic E-state index is 12.9. The van der Waals surface area contributed by atoms with Gasteiger partial charge in [-0.3, -0.25) is 9.69 Å². The van der Waals surface area contributed by atoms with Gasteiger partial charge in [-0.15, -0.1) is 0 Å². The van der Waals surface area contributed by atoms with Crippen molar-refractivity contribution in [3.05, 3.63) is 24.2 Å².